The van der Waals surface area contributed by atoms with Crippen molar-refractivity contribution in [3.8, 4) is 0 Å². The number of carbonyl (C=O) groups excluding carboxylic acids is 1. The lowest BCUT2D eigenvalue weighted by Gasteiger charge is -1.99. The second-order valence-electron chi connectivity index (χ2n) is 1.87. The summed E-state index contributed by atoms with van der Waals surface area (Å²) in [6.07, 6.45) is 0.349. The fourth-order valence-corrected chi connectivity index (χ4v) is 0.476. The Labute approximate surface area is 59.7 Å². The van der Waals surface area contributed by atoms with Crippen LogP contribution in [0.5, 0.6) is 0 Å². The van der Waals surface area contributed by atoms with Crippen LogP contribution < -0.4 is 0 Å². The van der Waals surface area contributed by atoms with Gasteiger partial charge in [-0.25, -0.2) is 4.39 Å². The molecule has 0 aromatic heterocycles. The zero-order valence-electron chi connectivity index (χ0n) is 5.97. The Balaban J connectivity index is 3.34. The van der Waals surface area contributed by atoms with Gasteiger partial charge in [0.2, 0.25) is 0 Å². The van der Waals surface area contributed by atoms with Gasteiger partial charge in [0.15, 0.2) is 0 Å². The molecular weight excluding hydrogens is 135 g/mol. The monoisotopic (exact) mass is 146 g/mol. The van der Waals surface area contributed by atoms with Crippen LogP contribution in [-0.2, 0) is 9.53 Å². The quantitative estimate of drug-likeness (QED) is 0.443. The molecule has 0 aromatic rings. The zero-order valence-corrected chi connectivity index (χ0v) is 5.97. The van der Waals surface area contributed by atoms with Gasteiger partial charge in [-0.2, -0.15) is 0 Å². The van der Waals surface area contributed by atoms with Crippen LogP contribution in [0, 0.1) is 0 Å². The molecule has 10 heavy (non-hydrogen) atoms. The summed E-state index contributed by atoms with van der Waals surface area (Å²) >= 11 is 0. The molecule has 1 atom stereocenters. The summed E-state index contributed by atoms with van der Waals surface area (Å²) in [7, 11) is 1.28. The van der Waals surface area contributed by atoms with E-state index in [1.165, 1.54) is 13.2 Å². The molecule has 0 aromatic carbocycles. The van der Waals surface area contributed by atoms with Gasteiger partial charge in [0.25, 0.3) is 0 Å². The molecule has 0 saturated carbocycles. The van der Waals surface area contributed by atoms with Crippen molar-refractivity contribution in [2.24, 2.45) is 0 Å². The van der Waals surface area contributed by atoms with Gasteiger partial charge in [-0.15, -0.1) is 6.58 Å². The number of ether oxygens (including phenoxy) is 1. The van der Waals surface area contributed by atoms with Crippen molar-refractivity contribution in [3.05, 3.63) is 12.7 Å². The standard InChI is InChI=1S/C7H11FO2/c1-3-6(8)4-5-7(9)10-2/h3,6H,1,4-5H2,2H3. The molecule has 0 aliphatic carbocycles. The lowest BCUT2D eigenvalue weighted by molar-refractivity contribution is -0.140. The fraction of sp³-hybridized carbons (Fsp3) is 0.571. The average molecular weight is 146 g/mol. The Hall–Kier alpha value is -0.860. The third kappa shape index (κ3) is 4.06. The van der Waals surface area contributed by atoms with Gasteiger partial charge in [0, 0.05) is 6.42 Å². The molecule has 0 aliphatic heterocycles. The van der Waals surface area contributed by atoms with Crippen molar-refractivity contribution in [1.82, 2.24) is 0 Å². The van der Waals surface area contributed by atoms with Crippen LogP contribution in [-0.4, -0.2) is 19.3 Å². The van der Waals surface area contributed by atoms with Gasteiger partial charge >= 0.3 is 5.97 Å². The third-order valence-corrected chi connectivity index (χ3v) is 1.11. The van der Waals surface area contributed by atoms with E-state index in [1.807, 2.05) is 0 Å². The lowest BCUT2D eigenvalue weighted by Crippen LogP contribution is -2.04. The number of hydrogen-bond donors (Lipinski definition) is 0. The number of alkyl halides is 1. The van der Waals surface area contributed by atoms with Crippen molar-refractivity contribution >= 4 is 5.97 Å². The van der Waals surface area contributed by atoms with E-state index in [2.05, 4.69) is 11.3 Å². The van der Waals surface area contributed by atoms with Crippen LogP contribution in [0.2, 0.25) is 0 Å². The first-order valence-corrected chi connectivity index (χ1v) is 3.04. The number of rotatable bonds is 4. The predicted molar refractivity (Wildman–Crippen MR) is 36.3 cm³/mol. The molecule has 0 radical (unpaired) electrons. The number of hydrogen-bond acceptors (Lipinski definition) is 2. The molecule has 1 unspecified atom stereocenters. The zero-order chi connectivity index (χ0) is 7.98. The highest BCUT2D eigenvalue weighted by molar-refractivity contribution is 5.69. The minimum absolute atomic E-state index is 0.115. The maximum atomic E-state index is 12.3. The van der Waals surface area contributed by atoms with Crippen LogP contribution in [0.4, 0.5) is 4.39 Å². The molecule has 0 rings (SSSR count). The van der Waals surface area contributed by atoms with E-state index in [4.69, 9.17) is 0 Å². The summed E-state index contributed by atoms with van der Waals surface area (Å²) in [5, 5.41) is 0. The first kappa shape index (κ1) is 9.14. The smallest absolute Gasteiger partial charge is 0.305 e. The SMILES string of the molecule is C=CC(F)CCC(=O)OC. The van der Waals surface area contributed by atoms with Gasteiger partial charge in [0.1, 0.15) is 6.17 Å². The Morgan fingerprint density at radius 3 is 2.90 bits per heavy atom. The van der Waals surface area contributed by atoms with Gasteiger partial charge < -0.3 is 4.74 Å². The topological polar surface area (TPSA) is 26.3 Å². The minimum atomic E-state index is -1.10. The van der Waals surface area contributed by atoms with Gasteiger partial charge in [-0.3, -0.25) is 4.79 Å². The molecule has 0 fully saturated rings. The molecule has 2 nitrogen and oxygen atoms in total. The van der Waals surface area contributed by atoms with E-state index in [-0.39, 0.29) is 18.8 Å². The van der Waals surface area contributed by atoms with Crippen LogP contribution in [0.15, 0.2) is 12.7 Å². The van der Waals surface area contributed by atoms with Crippen molar-refractivity contribution in [1.29, 1.82) is 0 Å². The third-order valence-electron chi connectivity index (χ3n) is 1.11. The van der Waals surface area contributed by atoms with E-state index < -0.39 is 6.17 Å². The fourth-order valence-electron chi connectivity index (χ4n) is 0.476. The van der Waals surface area contributed by atoms with Crippen molar-refractivity contribution in [2.45, 2.75) is 19.0 Å². The lowest BCUT2D eigenvalue weighted by atomic mass is 10.2. The molecule has 0 spiro atoms. The van der Waals surface area contributed by atoms with E-state index >= 15 is 0 Å². The van der Waals surface area contributed by atoms with Gasteiger partial charge in [-0.1, -0.05) is 6.08 Å². The van der Waals surface area contributed by atoms with Crippen LogP contribution in [0.3, 0.4) is 0 Å². The summed E-state index contributed by atoms with van der Waals surface area (Å²) in [6, 6.07) is 0. The summed E-state index contributed by atoms with van der Waals surface area (Å²) in [5.41, 5.74) is 0. The highest BCUT2D eigenvalue weighted by atomic mass is 19.1. The van der Waals surface area contributed by atoms with Crippen molar-refractivity contribution in [3.63, 3.8) is 0 Å². The van der Waals surface area contributed by atoms with E-state index in [0.717, 1.165) is 0 Å². The predicted octanol–water partition coefficient (Wildman–Crippen LogP) is 1.46. The minimum Gasteiger partial charge on any atom is -0.469 e. The molecule has 58 valence electrons. The molecule has 0 heterocycles. The normalized spacial score (nSPS) is 12.2. The van der Waals surface area contributed by atoms with Gasteiger partial charge in [0.05, 0.1) is 7.11 Å². The number of allylic oxidation sites excluding steroid dienone is 1. The highest BCUT2D eigenvalue weighted by Gasteiger charge is 2.05. The second kappa shape index (κ2) is 4.97. The van der Waals surface area contributed by atoms with E-state index in [1.54, 1.807) is 0 Å². The highest BCUT2D eigenvalue weighted by Crippen LogP contribution is 2.02. The van der Waals surface area contributed by atoms with E-state index in [0.29, 0.717) is 0 Å². The second-order valence-corrected chi connectivity index (χ2v) is 1.87. The summed E-state index contributed by atoms with van der Waals surface area (Å²) in [4.78, 5) is 10.4. The maximum Gasteiger partial charge on any atom is 0.305 e. The van der Waals surface area contributed by atoms with Crippen LogP contribution in [0.1, 0.15) is 12.8 Å². The Kier molecular flexibility index (Phi) is 4.54. The molecule has 0 aliphatic rings. The van der Waals surface area contributed by atoms with Crippen molar-refractivity contribution < 1.29 is 13.9 Å². The Bertz CT molecular complexity index is 123. The molecular formula is C7H11FO2. The Morgan fingerprint density at radius 2 is 2.50 bits per heavy atom. The van der Waals surface area contributed by atoms with E-state index in [9.17, 15) is 9.18 Å². The molecule has 0 saturated heterocycles. The largest absolute Gasteiger partial charge is 0.469 e. The molecule has 3 heteroatoms. The first-order chi connectivity index (χ1) is 4.70. The number of carbonyl (C=O) groups is 1. The molecule has 0 bridgehead atoms. The summed E-state index contributed by atoms with van der Waals surface area (Å²) in [6.45, 7) is 3.24. The number of esters is 1. The molecule has 0 N–H and O–H groups in total. The number of methoxy groups -OCH3 is 1. The summed E-state index contributed by atoms with van der Waals surface area (Å²) in [5.74, 6) is -0.385. The first-order valence-electron chi connectivity index (χ1n) is 3.04. The average Bonchev–Trinajstić information content (AvgIpc) is 1.99. The number of halogens is 1. The van der Waals surface area contributed by atoms with Gasteiger partial charge in [-0.05, 0) is 6.42 Å². The van der Waals surface area contributed by atoms with Crippen molar-refractivity contribution in [2.75, 3.05) is 7.11 Å². The maximum absolute atomic E-state index is 12.3. The molecule has 0 amide bonds. The van der Waals surface area contributed by atoms with Crippen LogP contribution >= 0.6 is 0 Å². The Morgan fingerprint density at radius 1 is 1.90 bits per heavy atom. The van der Waals surface area contributed by atoms with Crippen LogP contribution in [0.25, 0.3) is 0 Å². The summed E-state index contributed by atoms with van der Waals surface area (Å²) < 4.78 is 16.6.